The van der Waals surface area contributed by atoms with Crippen LogP contribution in [0.3, 0.4) is 0 Å². The van der Waals surface area contributed by atoms with Crippen LogP contribution in [0.2, 0.25) is 5.02 Å². The van der Waals surface area contributed by atoms with Crippen molar-refractivity contribution in [3.8, 4) is 0 Å². The van der Waals surface area contributed by atoms with Crippen molar-refractivity contribution in [3.05, 3.63) is 45.4 Å². The fraction of sp³-hybridized carbons (Fsp3) is 0.400. The van der Waals surface area contributed by atoms with Crippen molar-refractivity contribution in [2.75, 3.05) is 0 Å². The average Bonchev–Trinajstić information content (AvgIpc) is 2.83. The summed E-state index contributed by atoms with van der Waals surface area (Å²) in [7, 11) is 0. The molecule has 0 aliphatic rings. The molecule has 0 aliphatic carbocycles. The lowest BCUT2D eigenvalue weighted by Gasteiger charge is -2.19. The first-order chi connectivity index (χ1) is 9.42. The highest BCUT2D eigenvalue weighted by molar-refractivity contribution is 7.98. The van der Waals surface area contributed by atoms with Gasteiger partial charge in [0.15, 0.2) is 0 Å². The van der Waals surface area contributed by atoms with Crippen LogP contribution in [0.25, 0.3) is 0 Å². The first kappa shape index (κ1) is 15.8. The van der Waals surface area contributed by atoms with E-state index in [1.807, 2.05) is 30.5 Å². The number of nitrogens with one attached hydrogen (secondary N) is 1. The van der Waals surface area contributed by atoms with Crippen LogP contribution >= 0.6 is 34.7 Å². The predicted molar refractivity (Wildman–Crippen MR) is 89.7 cm³/mol. The van der Waals surface area contributed by atoms with Gasteiger partial charge in [0.1, 0.15) is 5.01 Å². The lowest BCUT2D eigenvalue weighted by Crippen LogP contribution is -2.34. The van der Waals surface area contributed by atoms with Crippen LogP contribution < -0.4 is 5.32 Å². The lowest BCUT2D eigenvalue weighted by atomic mass is 10.1. The number of thioether (sulfide) groups is 1. The molecule has 20 heavy (non-hydrogen) atoms. The molecule has 0 radical (unpaired) electrons. The molecule has 0 aliphatic heterocycles. The topological polar surface area (TPSA) is 24.9 Å². The lowest BCUT2D eigenvalue weighted by molar-refractivity contribution is 0.426. The molecule has 0 saturated heterocycles. The molecule has 1 heterocycles. The van der Waals surface area contributed by atoms with Crippen molar-refractivity contribution in [3.63, 3.8) is 0 Å². The molecule has 1 aromatic heterocycles. The number of thiazole rings is 1. The molecule has 108 valence electrons. The zero-order chi connectivity index (χ0) is 14.6. The fourth-order valence-electron chi connectivity index (χ4n) is 1.52. The molecule has 2 rings (SSSR count). The van der Waals surface area contributed by atoms with E-state index in [2.05, 4.69) is 31.1 Å². The molecule has 0 spiro atoms. The van der Waals surface area contributed by atoms with E-state index in [1.54, 1.807) is 23.1 Å². The van der Waals surface area contributed by atoms with Gasteiger partial charge in [-0.25, -0.2) is 4.98 Å². The van der Waals surface area contributed by atoms with Gasteiger partial charge in [0.25, 0.3) is 0 Å². The Morgan fingerprint density at radius 2 is 1.95 bits per heavy atom. The first-order valence-electron chi connectivity index (χ1n) is 6.49. The maximum Gasteiger partial charge on any atom is 0.103 e. The van der Waals surface area contributed by atoms with Crippen molar-refractivity contribution in [1.82, 2.24) is 10.3 Å². The molecule has 5 heteroatoms. The van der Waals surface area contributed by atoms with Gasteiger partial charge in [-0.1, -0.05) is 11.6 Å². The van der Waals surface area contributed by atoms with E-state index in [9.17, 15) is 0 Å². The van der Waals surface area contributed by atoms with Crippen molar-refractivity contribution < 1.29 is 0 Å². The molecule has 1 N–H and O–H groups in total. The molecule has 0 fully saturated rings. The summed E-state index contributed by atoms with van der Waals surface area (Å²) in [4.78, 5) is 6.99. The Bertz CT molecular complexity index is 544. The zero-order valence-electron chi connectivity index (χ0n) is 11.9. The van der Waals surface area contributed by atoms with E-state index >= 15 is 0 Å². The number of benzene rings is 1. The Morgan fingerprint density at radius 1 is 1.25 bits per heavy atom. The third kappa shape index (κ3) is 5.44. The third-order valence-electron chi connectivity index (χ3n) is 2.57. The van der Waals surface area contributed by atoms with Crippen LogP contribution in [0.1, 0.15) is 30.7 Å². The van der Waals surface area contributed by atoms with Gasteiger partial charge >= 0.3 is 0 Å². The van der Waals surface area contributed by atoms with E-state index in [4.69, 9.17) is 11.6 Å². The van der Waals surface area contributed by atoms with Gasteiger partial charge in [-0.2, -0.15) is 0 Å². The van der Waals surface area contributed by atoms with Gasteiger partial charge in [0, 0.05) is 33.1 Å². The van der Waals surface area contributed by atoms with E-state index in [0.717, 1.165) is 22.3 Å². The molecule has 1 aromatic carbocycles. The van der Waals surface area contributed by atoms with Crippen LogP contribution in [-0.2, 0) is 12.3 Å². The summed E-state index contributed by atoms with van der Waals surface area (Å²) in [6.45, 7) is 7.40. The van der Waals surface area contributed by atoms with Crippen molar-refractivity contribution in [1.29, 1.82) is 0 Å². The second-order valence-electron chi connectivity index (χ2n) is 5.57. The molecule has 0 amide bonds. The maximum atomic E-state index is 5.88. The number of hydrogen-bond acceptors (Lipinski definition) is 4. The van der Waals surface area contributed by atoms with Crippen LogP contribution in [0.5, 0.6) is 0 Å². The Hall–Kier alpha value is -0.550. The van der Waals surface area contributed by atoms with Crippen LogP contribution in [0.15, 0.2) is 35.4 Å². The van der Waals surface area contributed by atoms with Gasteiger partial charge in [-0.15, -0.1) is 23.1 Å². The van der Waals surface area contributed by atoms with Crippen molar-refractivity contribution in [2.24, 2.45) is 0 Å². The summed E-state index contributed by atoms with van der Waals surface area (Å²) in [5.74, 6) is 0.905. The van der Waals surface area contributed by atoms with Crippen LogP contribution in [0, 0.1) is 0 Å². The van der Waals surface area contributed by atoms with Crippen LogP contribution in [-0.4, -0.2) is 10.5 Å². The van der Waals surface area contributed by atoms with E-state index in [-0.39, 0.29) is 5.54 Å². The number of nitrogens with zero attached hydrogens (tertiary/aromatic N) is 1. The Morgan fingerprint density at radius 3 is 2.60 bits per heavy atom. The molecule has 0 bridgehead atoms. The fourth-order valence-corrected chi connectivity index (χ4v) is 3.41. The predicted octanol–water partition coefficient (Wildman–Crippen LogP) is 4.98. The normalized spacial score (nSPS) is 11.8. The molecule has 0 unspecified atom stereocenters. The van der Waals surface area contributed by atoms with Gasteiger partial charge in [-0.3, -0.25) is 0 Å². The molecule has 2 aromatic rings. The number of hydrogen-bond donors (Lipinski definition) is 1. The number of aromatic nitrogens is 1. The van der Waals surface area contributed by atoms with E-state index < -0.39 is 0 Å². The smallest absolute Gasteiger partial charge is 0.103 e. The summed E-state index contributed by atoms with van der Waals surface area (Å²) in [5.41, 5.74) is 0.141. The highest BCUT2D eigenvalue weighted by atomic mass is 35.5. The summed E-state index contributed by atoms with van der Waals surface area (Å²) in [6.07, 6.45) is 1.97. The minimum absolute atomic E-state index is 0.141. The summed E-state index contributed by atoms with van der Waals surface area (Å²) in [5, 5.41) is 5.42. The zero-order valence-corrected chi connectivity index (χ0v) is 14.3. The summed E-state index contributed by atoms with van der Waals surface area (Å²) < 4.78 is 0. The number of halogens is 1. The highest BCUT2D eigenvalue weighted by Gasteiger charge is 2.10. The Labute approximate surface area is 134 Å². The molecule has 0 atom stereocenters. The first-order valence-corrected chi connectivity index (χ1v) is 8.67. The largest absolute Gasteiger partial charge is 0.307 e. The highest BCUT2D eigenvalue weighted by Crippen LogP contribution is 2.26. The summed E-state index contributed by atoms with van der Waals surface area (Å²) in [6, 6.07) is 7.93. The quantitative estimate of drug-likeness (QED) is 0.785. The maximum absolute atomic E-state index is 5.88. The average molecular weight is 327 g/mol. The van der Waals surface area contributed by atoms with Gasteiger partial charge < -0.3 is 5.32 Å². The van der Waals surface area contributed by atoms with Crippen LogP contribution in [0.4, 0.5) is 0 Å². The van der Waals surface area contributed by atoms with Crippen molar-refractivity contribution >= 4 is 34.7 Å². The van der Waals surface area contributed by atoms with Gasteiger partial charge in [-0.05, 0) is 45.0 Å². The second kappa shape index (κ2) is 6.94. The SMILES string of the molecule is CC(C)(C)NCc1cnc(CSc2ccc(Cl)cc2)s1. The minimum atomic E-state index is 0.141. The standard InChI is InChI=1S/C15H19ClN2S2/c1-15(2,3)18-9-13-8-17-14(20-13)10-19-12-6-4-11(16)5-7-12/h4-8,18H,9-10H2,1-3H3. The van der Waals surface area contributed by atoms with Gasteiger partial charge in [0.05, 0.1) is 5.75 Å². The third-order valence-corrected chi connectivity index (χ3v) is 5.03. The molecule has 0 saturated carbocycles. The molecule has 2 nitrogen and oxygen atoms in total. The Kier molecular flexibility index (Phi) is 5.49. The number of rotatable bonds is 5. The second-order valence-corrected chi connectivity index (χ2v) is 8.25. The minimum Gasteiger partial charge on any atom is -0.307 e. The molecular weight excluding hydrogens is 308 g/mol. The Balaban J connectivity index is 1.85. The van der Waals surface area contributed by atoms with Crippen molar-refractivity contribution in [2.45, 2.75) is 43.5 Å². The monoisotopic (exact) mass is 326 g/mol. The molecular formula is C15H19ClN2S2. The summed E-state index contributed by atoms with van der Waals surface area (Å²) >= 11 is 9.44. The van der Waals surface area contributed by atoms with E-state index in [0.29, 0.717) is 0 Å². The van der Waals surface area contributed by atoms with Gasteiger partial charge in [0.2, 0.25) is 0 Å². The van der Waals surface area contributed by atoms with E-state index in [1.165, 1.54) is 9.77 Å².